The number of carbonyl (C=O) groups excluding carboxylic acids is 2. The third kappa shape index (κ3) is 2.84. The van der Waals surface area contributed by atoms with Crippen LogP contribution in [0.5, 0.6) is 0 Å². The summed E-state index contributed by atoms with van der Waals surface area (Å²) in [5.74, 6) is 4.93. The van der Waals surface area contributed by atoms with Crippen LogP contribution in [0.15, 0.2) is 18.2 Å². The molecule has 4 nitrogen and oxygen atoms in total. The number of imide groups is 1. The Bertz CT molecular complexity index is 619. The Morgan fingerprint density at radius 1 is 1.19 bits per heavy atom. The third-order valence-electron chi connectivity index (χ3n) is 3.91. The minimum Gasteiger partial charge on any atom is -0.395 e. The van der Waals surface area contributed by atoms with Gasteiger partial charge in [0.2, 0.25) is 11.8 Å². The van der Waals surface area contributed by atoms with E-state index in [4.69, 9.17) is 5.11 Å². The standard InChI is InChI=1S/C17H19NO3/c1-11-7-8-15(10-14(11)6-4-5-9-19)18-16(20)12(2)13(3)17(18)21/h7-8,10,12-13,19H,5,9H2,1-3H3. The molecular weight excluding hydrogens is 266 g/mol. The highest BCUT2D eigenvalue weighted by Gasteiger charge is 2.43. The zero-order valence-corrected chi connectivity index (χ0v) is 12.5. The number of aryl methyl sites for hydroxylation is 1. The number of hydrogen-bond donors (Lipinski definition) is 1. The van der Waals surface area contributed by atoms with Crippen LogP contribution in [0.4, 0.5) is 5.69 Å². The van der Waals surface area contributed by atoms with E-state index in [0.717, 1.165) is 11.1 Å². The van der Waals surface area contributed by atoms with E-state index in [2.05, 4.69) is 11.8 Å². The molecule has 1 aromatic carbocycles. The Morgan fingerprint density at radius 2 is 1.81 bits per heavy atom. The van der Waals surface area contributed by atoms with E-state index in [9.17, 15) is 9.59 Å². The van der Waals surface area contributed by atoms with Crippen molar-refractivity contribution in [3.8, 4) is 11.8 Å². The summed E-state index contributed by atoms with van der Waals surface area (Å²) in [4.78, 5) is 25.7. The van der Waals surface area contributed by atoms with Crippen molar-refractivity contribution in [2.45, 2.75) is 27.2 Å². The Morgan fingerprint density at radius 3 is 2.38 bits per heavy atom. The summed E-state index contributed by atoms with van der Waals surface area (Å²) in [6.07, 6.45) is 0.402. The molecule has 1 aliphatic heterocycles. The molecule has 2 atom stereocenters. The van der Waals surface area contributed by atoms with Gasteiger partial charge in [0.15, 0.2) is 0 Å². The average Bonchev–Trinajstić information content (AvgIpc) is 2.66. The molecule has 110 valence electrons. The smallest absolute Gasteiger partial charge is 0.237 e. The summed E-state index contributed by atoms with van der Waals surface area (Å²) in [6.45, 7) is 5.50. The molecule has 1 aliphatic rings. The predicted molar refractivity (Wildman–Crippen MR) is 80.6 cm³/mol. The summed E-state index contributed by atoms with van der Waals surface area (Å²) in [7, 11) is 0. The number of benzene rings is 1. The van der Waals surface area contributed by atoms with Crippen LogP contribution in [0.3, 0.4) is 0 Å². The number of aliphatic hydroxyl groups excluding tert-OH is 1. The van der Waals surface area contributed by atoms with Crippen LogP contribution >= 0.6 is 0 Å². The summed E-state index contributed by atoms with van der Waals surface area (Å²) in [5, 5.41) is 8.77. The zero-order valence-electron chi connectivity index (χ0n) is 12.5. The van der Waals surface area contributed by atoms with Gasteiger partial charge in [-0.3, -0.25) is 14.5 Å². The monoisotopic (exact) mass is 285 g/mol. The number of carbonyl (C=O) groups is 2. The molecule has 1 N–H and O–H groups in total. The molecule has 1 fully saturated rings. The van der Waals surface area contributed by atoms with Gasteiger partial charge in [-0.05, 0) is 24.6 Å². The van der Waals surface area contributed by atoms with Gasteiger partial charge in [0, 0.05) is 23.8 Å². The molecule has 0 aromatic heterocycles. The highest BCUT2D eigenvalue weighted by atomic mass is 16.2. The third-order valence-corrected chi connectivity index (χ3v) is 3.91. The lowest BCUT2D eigenvalue weighted by Crippen LogP contribution is -2.30. The van der Waals surface area contributed by atoms with Crippen LogP contribution in [0.1, 0.15) is 31.4 Å². The number of hydrogen-bond acceptors (Lipinski definition) is 3. The Kier molecular flexibility index (Phi) is 4.44. The summed E-state index contributed by atoms with van der Waals surface area (Å²) < 4.78 is 0. The van der Waals surface area contributed by atoms with Crippen LogP contribution in [0.25, 0.3) is 0 Å². The lowest BCUT2D eigenvalue weighted by molar-refractivity contribution is -0.122. The van der Waals surface area contributed by atoms with Crippen LogP contribution < -0.4 is 4.90 Å². The van der Waals surface area contributed by atoms with E-state index in [1.807, 2.05) is 13.0 Å². The van der Waals surface area contributed by atoms with Crippen molar-refractivity contribution in [2.24, 2.45) is 11.8 Å². The molecule has 2 rings (SSSR count). The largest absolute Gasteiger partial charge is 0.395 e. The van der Waals surface area contributed by atoms with E-state index >= 15 is 0 Å². The van der Waals surface area contributed by atoms with Gasteiger partial charge < -0.3 is 5.11 Å². The fraction of sp³-hybridized carbons (Fsp3) is 0.412. The van der Waals surface area contributed by atoms with E-state index < -0.39 is 0 Å². The molecule has 0 aliphatic carbocycles. The molecule has 0 saturated carbocycles. The Labute approximate surface area is 124 Å². The first-order valence-electron chi connectivity index (χ1n) is 7.05. The number of aliphatic hydroxyl groups is 1. The van der Waals surface area contributed by atoms with Gasteiger partial charge in [0.25, 0.3) is 0 Å². The molecular formula is C17H19NO3. The summed E-state index contributed by atoms with van der Waals surface area (Å²) in [6, 6.07) is 5.39. The minimum atomic E-state index is -0.289. The number of rotatable bonds is 2. The summed E-state index contributed by atoms with van der Waals surface area (Å²) >= 11 is 0. The van der Waals surface area contributed by atoms with Gasteiger partial charge >= 0.3 is 0 Å². The van der Waals surface area contributed by atoms with Crippen molar-refractivity contribution in [2.75, 3.05) is 11.5 Å². The van der Waals surface area contributed by atoms with E-state index in [1.165, 1.54) is 4.90 Å². The number of anilines is 1. The van der Waals surface area contributed by atoms with Crippen molar-refractivity contribution in [3.05, 3.63) is 29.3 Å². The molecule has 1 heterocycles. The van der Waals surface area contributed by atoms with Crippen molar-refractivity contribution >= 4 is 17.5 Å². The second kappa shape index (κ2) is 6.11. The quantitative estimate of drug-likeness (QED) is 0.666. The van der Waals surface area contributed by atoms with Gasteiger partial charge in [0.1, 0.15) is 0 Å². The topological polar surface area (TPSA) is 57.6 Å². The van der Waals surface area contributed by atoms with Crippen molar-refractivity contribution in [1.82, 2.24) is 0 Å². The maximum absolute atomic E-state index is 12.2. The lowest BCUT2D eigenvalue weighted by atomic mass is 10.00. The molecule has 0 spiro atoms. The molecule has 0 radical (unpaired) electrons. The molecule has 2 amide bonds. The normalized spacial score (nSPS) is 21.4. The van der Waals surface area contributed by atoms with E-state index in [0.29, 0.717) is 12.1 Å². The zero-order chi connectivity index (χ0) is 15.6. The van der Waals surface area contributed by atoms with Crippen molar-refractivity contribution < 1.29 is 14.7 Å². The molecule has 4 heteroatoms. The Hall–Kier alpha value is -2.12. The van der Waals surface area contributed by atoms with Crippen molar-refractivity contribution in [1.29, 1.82) is 0 Å². The molecule has 1 saturated heterocycles. The Balaban J connectivity index is 2.38. The SMILES string of the molecule is Cc1ccc(N2C(=O)C(C)C(C)C2=O)cc1C#CCCO. The number of nitrogens with zero attached hydrogens (tertiary/aromatic N) is 1. The van der Waals surface area contributed by atoms with E-state index in [1.54, 1.807) is 26.0 Å². The second-order valence-corrected chi connectivity index (χ2v) is 5.36. The fourth-order valence-corrected chi connectivity index (χ4v) is 2.30. The number of amides is 2. The maximum atomic E-state index is 12.2. The molecule has 1 aromatic rings. The first-order chi connectivity index (χ1) is 9.97. The van der Waals surface area contributed by atoms with Gasteiger partial charge in [-0.2, -0.15) is 0 Å². The predicted octanol–water partition coefficient (Wildman–Crippen LogP) is 1.87. The van der Waals surface area contributed by atoms with Crippen LogP contribution in [-0.2, 0) is 9.59 Å². The van der Waals surface area contributed by atoms with Gasteiger partial charge in [0.05, 0.1) is 12.3 Å². The van der Waals surface area contributed by atoms with Crippen molar-refractivity contribution in [3.63, 3.8) is 0 Å². The average molecular weight is 285 g/mol. The van der Waals surface area contributed by atoms with Crippen LogP contribution in [0.2, 0.25) is 0 Å². The highest BCUT2D eigenvalue weighted by Crippen LogP contribution is 2.31. The fourth-order valence-electron chi connectivity index (χ4n) is 2.30. The minimum absolute atomic E-state index is 0.0177. The van der Waals surface area contributed by atoms with Crippen LogP contribution in [0, 0.1) is 30.6 Å². The molecule has 21 heavy (non-hydrogen) atoms. The molecule has 0 bridgehead atoms. The maximum Gasteiger partial charge on any atom is 0.237 e. The van der Waals surface area contributed by atoms with Gasteiger partial charge in [-0.25, -0.2) is 0 Å². The highest BCUT2D eigenvalue weighted by molar-refractivity contribution is 6.21. The van der Waals surface area contributed by atoms with E-state index in [-0.39, 0.29) is 30.3 Å². The lowest BCUT2D eigenvalue weighted by Gasteiger charge is -2.15. The summed E-state index contributed by atoms with van der Waals surface area (Å²) in [5.41, 5.74) is 2.32. The first kappa shape index (κ1) is 15.3. The van der Waals surface area contributed by atoms with Gasteiger partial charge in [-0.1, -0.05) is 31.8 Å². The molecule has 2 unspecified atom stereocenters. The van der Waals surface area contributed by atoms with Crippen LogP contribution in [-0.4, -0.2) is 23.5 Å². The first-order valence-corrected chi connectivity index (χ1v) is 7.05. The second-order valence-electron chi connectivity index (χ2n) is 5.36. The van der Waals surface area contributed by atoms with Gasteiger partial charge in [-0.15, -0.1) is 0 Å².